The van der Waals surface area contributed by atoms with Gasteiger partial charge in [-0.3, -0.25) is 0 Å². The Morgan fingerprint density at radius 3 is 2.27 bits per heavy atom. The Hall–Kier alpha value is -0.0400. The Balaban J connectivity index is 2.10. The molecule has 1 fully saturated rings. The average Bonchev–Trinajstić information content (AvgIpc) is 2.61. The molecule has 0 heterocycles. The highest BCUT2D eigenvalue weighted by molar-refractivity contribution is 4.82. The van der Waals surface area contributed by atoms with Gasteiger partial charge in [-0.05, 0) is 52.0 Å². The second-order valence-corrected chi connectivity index (χ2v) is 4.95. The molecule has 0 radical (unpaired) electrons. The monoisotopic (exact) mass is 155 g/mol. The fourth-order valence-corrected chi connectivity index (χ4v) is 1.30. The molecule has 1 unspecified atom stereocenters. The van der Waals surface area contributed by atoms with Gasteiger partial charge in [0.1, 0.15) is 0 Å². The largest absolute Gasteiger partial charge is 0.312 e. The summed E-state index contributed by atoms with van der Waals surface area (Å²) in [5.74, 6) is 1.92. The van der Waals surface area contributed by atoms with Gasteiger partial charge in [0.05, 0.1) is 0 Å². The Morgan fingerprint density at radius 2 is 1.91 bits per heavy atom. The molecule has 0 aromatic carbocycles. The maximum Gasteiger partial charge on any atom is 0.00966 e. The Bertz CT molecular complexity index is 119. The predicted molar refractivity (Wildman–Crippen MR) is 49.6 cm³/mol. The lowest BCUT2D eigenvalue weighted by Gasteiger charge is -2.23. The zero-order valence-corrected chi connectivity index (χ0v) is 8.28. The van der Waals surface area contributed by atoms with Crippen molar-refractivity contribution in [3.8, 4) is 0 Å². The van der Waals surface area contributed by atoms with E-state index in [1.807, 2.05) is 0 Å². The molecule has 1 N–H and O–H groups in total. The van der Waals surface area contributed by atoms with Crippen LogP contribution in [0.2, 0.25) is 0 Å². The first-order valence-corrected chi connectivity index (χ1v) is 4.74. The van der Waals surface area contributed by atoms with Crippen LogP contribution in [-0.2, 0) is 0 Å². The van der Waals surface area contributed by atoms with Gasteiger partial charge in [-0.2, -0.15) is 0 Å². The Kier molecular flexibility index (Phi) is 2.58. The van der Waals surface area contributed by atoms with Crippen molar-refractivity contribution >= 4 is 0 Å². The molecule has 1 aliphatic carbocycles. The average molecular weight is 155 g/mol. The van der Waals surface area contributed by atoms with Crippen LogP contribution in [0.15, 0.2) is 0 Å². The predicted octanol–water partition coefficient (Wildman–Crippen LogP) is 2.42. The summed E-state index contributed by atoms with van der Waals surface area (Å²) in [5, 5.41) is 3.54. The van der Waals surface area contributed by atoms with Crippen molar-refractivity contribution in [3.05, 3.63) is 0 Å². The summed E-state index contributed by atoms with van der Waals surface area (Å²) in [7, 11) is 0. The van der Waals surface area contributed by atoms with Gasteiger partial charge in [0.25, 0.3) is 0 Å². The van der Waals surface area contributed by atoms with E-state index in [9.17, 15) is 0 Å². The molecule has 1 heteroatoms. The summed E-state index contributed by atoms with van der Waals surface area (Å²) >= 11 is 0. The van der Waals surface area contributed by atoms with E-state index in [2.05, 4.69) is 33.0 Å². The van der Waals surface area contributed by atoms with Crippen LogP contribution in [-0.4, -0.2) is 12.1 Å². The van der Waals surface area contributed by atoms with Crippen molar-refractivity contribution in [2.75, 3.05) is 6.54 Å². The van der Waals surface area contributed by atoms with Crippen LogP contribution in [0.1, 0.15) is 40.5 Å². The SMILES string of the molecule is CC(CNC(C)(C)C)C1CC1. The first-order valence-electron chi connectivity index (χ1n) is 4.74. The molecule has 11 heavy (non-hydrogen) atoms. The van der Waals surface area contributed by atoms with Gasteiger partial charge in [0.15, 0.2) is 0 Å². The van der Waals surface area contributed by atoms with Crippen LogP contribution in [0.5, 0.6) is 0 Å². The molecule has 1 nitrogen and oxygen atoms in total. The maximum atomic E-state index is 3.54. The smallest absolute Gasteiger partial charge is 0.00966 e. The van der Waals surface area contributed by atoms with Crippen molar-refractivity contribution < 1.29 is 0 Å². The Morgan fingerprint density at radius 1 is 1.36 bits per heavy atom. The first-order chi connectivity index (χ1) is 4.99. The van der Waals surface area contributed by atoms with Crippen molar-refractivity contribution in [1.82, 2.24) is 5.32 Å². The lowest BCUT2D eigenvalue weighted by molar-refractivity contribution is 0.364. The fourth-order valence-electron chi connectivity index (χ4n) is 1.30. The maximum absolute atomic E-state index is 3.54. The van der Waals surface area contributed by atoms with E-state index in [1.54, 1.807) is 0 Å². The molecule has 1 rings (SSSR count). The normalized spacial score (nSPS) is 21.8. The van der Waals surface area contributed by atoms with E-state index in [0.717, 1.165) is 11.8 Å². The third-order valence-corrected chi connectivity index (χ3v) is 2.38. The molecule has 1 saturated carbocycles. The van der Waals surface area contributed by atoms with Gasteiger partial charge in [0, 0.05) is 5.54 Å². The molecule has 0 aliphatic heterocycles. The molecular formula is C10H21N. The summed E-state index contributed by atoms with van der Waals surface area (Å²) in [6.07, 6.45) is 2.93. The zero-order valence-electron chi connectivity index (χ0n) is 8.28. The second kappa shape index (κ2) is 3.14. The topological polar surface area (TPSA) is 12.0 Å². The van der Waals surface area contributed by atoms with E-state index in [0.29, 0.717) is 5.54 Å². The number of nitrogens with one attached hydrogen (secondary N) is 1. The minimum atomic E-state index is 0.295. The minimum Gasteiger partial charge on any atom is -0.312 e. The van der Waals surface area contributed by atoms with Crippen molar-refractivity contribution in [3.63, 3.8) is 0 Å². The molecule has 0 spiro atoms. The van der Waals surface area contributed by atoms with Gasteiger partial charge < -0.3 is 5.32 Å². The highest BCUT2D eigenvalue weighted by Gasteiger charge is 2.28. The summed E-state index contributed by atoms with van der Waals surface area (Å²) in [6.45, 7) is 10.2. The molecule has 1 aliphatic rings. The first kappa shape index (κ1) is 9.05. The highest BCUT2D eigenvalue weighted by Crippen LogP contribution is 2.36. The summed E-state index contributed by atoms with van der Waals surface area (Å²) in [4.78, 5) is 0. The number of hydrogen-bond donors (Lipinski definition) is 1. The minimum absolute atomic E-state index is 0.295. The zero-order chi connectivity index (χ0) is 8.48. The number of hydrogen-bond acceptors (Lipinski definition) is 1. The molecule has 0 aromatic heterocycles. The quantitative estimate of drug-likeness (QED) is 0.660. The van der Waals surface area contributed by atoms with Crippen LogP contribution in [0, 0.1) is 11.8 Å². The van der Waals surface area contributed by atoms with E-state index in [4.69, 9.17) is 0 Å². The standard InChI is InChI=1S/C10H21N/c1-8(9-5-6-9)7-11-10(2,3)4/h8-9,11H,5-7H2,1-4H3. The van der Waals surface area contributed by atoms with Crippen LogP contribution >= 0.6 is 0 Å². The molecule has 0 saturated heterocycles. The van der Waals surface area contributed by atoms with Gasteiger partial charge in [-0.25, -0.2) is 0 Å². The van der Waals surface area contributed by atoms with Gasteiger partial charge >= 0.3 is 0 Å². The van der Waals surface area contributed by atoms with Crippen LogP contribution < -0.4 is 5.32 Å². The van der Waals surface area contributed by atoms with E-state index < -0.39 is 0 Å². The van der Waals surface area contributed by atoms with Gasteiger partial charge in [-0.15, -0.1) is 0 Å². The van der Waals surface area contributed by atoms with Crippen molar-refractivity contribution in [2.45, 2.75) is 46.1 Å². The second-order valence-electron chi connectivity index (χ2n) is 4.95. The van der Waals surface area contributed by atoms with Crippen molar-refractivity contribution in [2.24, 2.45) is 11.8 Å². The molecule has 1 atom stereocenters. The molecule has 0 amide bonds. The summed E-state index contributed by atoms with van der Waals surface area (Å²) < 4.78 is 0. The van der Waals surface area contributed by atoms with Crippen molar-refractivity contribution in [1.29, 1.82) is 0 Å². The van der Waals surface area contributed by atoms with Crippen LogP contribution in [0.25, 0.3) is 0 Å². The van der Waals surface area contributed by atoms with E-state index in [1.165, 1.54) is 19.4 Å². The van der Waals surface area contributed by atoms with E-state index in [-0.39, 0.29) is 0 Å². The molecular weight excluding hydrogens is 134 g/mol. The van der Waals surface area contributed by atoms with Gasteiger partial charge in [0.2, 0.25) is 0 Å². The summed E-state index contributed by atoms with van der Waals surface area (Å²) in [5.41, 5.74) is 0.295. The van der Waals surface area contributed by atoms with Crippen LogP contribution in [0.3, 0.4) is 0 Å². The van der Waals surface area contributed by atoms with E-state index >= 15 is 0 Å². The highest BCUT2D eigenvalue weighted by atomic mass is 14.9. The lowest BCUT2D eigenvalue weighted by Crippen LogP contribution is -2.38. The fraction of sp³-hybridized carbons (Fsp3) is 1.00. The third kappa shape index (κ3) is 3.76. The number of rotatable bonds is 3. The van der Waals surface area contributed by atoms with Crippen LogP contribution in [0.4, 0.5) is 0 Å². The third-order valence-electron chi connectivity index (χ3n) is 2.38. The molecule has 0 bridgehead atoms. The summed E-state index contributed by atoms with van der Waals surface area (Å²) in [6, 6.07) is 0. The lowest BCUT2D eigenvalue weighted by atomic mass is 10.0. The Labute approximate surface area is 70.6 Å². The van der Waals surface area contributed by atoms with Gasteiger partial charge in [-0.1, -0.05) is 6.92 Å². The molecule has 0 aromatic rings. The molecule has 66 valence electrons.